The Bertz CT molecular complexity index is 704. The number of carbonyl (C=O) groups is 1. The third-order valence-electron chi connectivity index (χ3n) is 3.11. The van der Waals surface area contributed by atoms with Crippen LogP contribution in [0.25, 0.3) is 6.08 Å². The van der Waals surface area contributed by atoms with E-state index in [9.17, 15) is 10.1 Å². The van der Waals surface area contributed by atoms with Crippen LogP contribution in [0.2, 0.25) is 0 Å². The van der Waals surface area contributed by atoms with Crippen LogP contribution >= 0.6 is 0 Å². The number of nitrogens with zero attached hydrogens (tertiary/aromatic N) is 1. The molecule has 0 amide bonds. The van der Waals surface area contributed by atoms with Crippen molar-refractivity contribution in [2.45, 2.75) is 6.92 Å². The lowest BCUT2D eigenvalue weighted by molar-refractivity contribution is 0.104. The number of aryl methyl sites for hydroxylation is 1. The molecular weight excluding hydrogens is 262 g/mol. The van der Waals surface area contributed by atoms with Crippen LogP contribution in [0.15, 0.2) is 54.1 Å². The molecule has 0 N–H and O–H groups in total. The molecule has 0 fully saturated rings. The van der Waals surface area contributed by atoms with Crippen molar-refractivity contribution in [2.24, 2.45) is 0 Å². The van der Waals surface area contributed by atoms with E-state index in [1.165, 1.54) is 0 Å². The number of Topliss-reactive ketones (excluding diaryl/α,β-unsaturated/α-hetero) is 1. The van der Waals surface area contributed by atoms with Crippen LogP contribution in [0, 0.1) is 18.3 Å². The summed E-state index contributed by atoms with van der Waals surface area (Å²) < 4.78 is 5.05. The van der Waals surface area contributed by atoms with Crippen LogP contribution in [-0.2, 0) is 0 Å². The second-order valence-corrected chi connectivity index (χ2v) is 4.64. The molecule has 3 nitrogen and oxygen atoms in total. The first-order chi connectivity index (χ1) is 10.1. The van der Waals surface area contributed by atoms with Crippen molar-refractivity contribution in [3.63, 3.8) is 0 Å². The van der Waals surface area contributed by atoms with Gasteiger partial charge in [-0.3, -0.25) is 4.79 Å². The average molecular weight is 277 g/mol. The van der Waals surface area contributed by atoms with Crippen LogP contribution in [0.5, 0.6) is 5.75 Å². The summed E-state index contributed by atoms with van der Waals surface area (Å²) in [5.41, 5.74) is 2.55. The quantitative estimate of drug-likeness (QED) is 0.485. The zero-order chi connectivity index (χ0) is 15.2. The van der Waals surface area contributed by atoms with Gasteiger partial charge in [0.05, 0.1) is 7.11 Å². The van der Waals surface area contributed by atoms with Crippen molar-refractivity contribution in [1.82, 2.24) is 0 Å². The molecule has 2 rings (SSSR count). The highest BCUT2D eigenvalue weighted by molar-refractivity contribution is 6.14. The molecule has 3 heteroatoms. The molecule has 0 atom stereocenters. The maximum Gasteiger partial charge on any atom is 0.203 e. The minimum absolute atomic E-state index is 0.115. The standard InChI is InChI=1S/C18H15NO2/c1-13-3-5-14(6-4-13)11-16(12-19)18(20)15-7-9-17(21-2)10-8-15/h3-11H,1-2H3/b16-11+. The van der Waals surface area contributed by atoms with Crippen molar-refractivity contribution in [3.05, 3.63) is 70.8 Å². The minimum atomic E-state index is -0.291. The van der Waals surface area contributed by atoms with Gasteiger partial charge in [0.25, 0.3) is 0 Å². The van der Waals surface area contributed by atoms with Gasteiger partial charge >= 0.3 is 0 Å². The lowest BCUT2D eigenvalue weighted by Gasteiger charge is -2.02. The van der Waals surface area contributed by atoms with Gasteiger partial charge < -0.3 is 4.74 Å². The van der Waals surface area contributed by atoms with E-state index in [2.05, 4.69) is 0 Å². The van der Waals surface area contributed by atoms with Crippen molar-refractivity contribution in [2.75, 3.05) is 7.11 Å². The van der Waals surface area contributed by atoms with Gasteiger partial charge in [-0.05, 0) is 42.8 Å². The molecule has 0 unspecified atom stereocenters. The number of rotatable bonds is 4. The summed E-state index contributed by atoms with van der Waals surface area (Å²) in [4.78, 5) is 12.3. The number of methoxy groups -OCH3 is 1. The van der Waals surface area contributed by atoms with Crippen LogP contribution in [0.4, 0.5) is 0 Å². The molecule has 2 aromatic rings. The van der Waals surface area contributed by atoms with Crippen LogP contribution < -0.4 is 4.74 Å². The summed E-state index contributed by atoms with van der Waals surface area (Å²) in [6.07, 6.45) is 1.60. The Kier molecular flexibility index (Phi) is 4.53. The Morgan fingerprint density at radius 3 is 2.24 bits per heavy atom. The summed E-state index contributed by atoms with van der Waals surface area (Å²) in [7, 11) is 1.56. The molecule has 104 valence electrons. The highest BCUT2D eigenvalue weighted by atomic mass is 16.5. The molecule has 0 aliphatic heterocycles. The Morgan fingerprint density at radius 1 is 1.10 bits per heavy atom. The lowest BCUT2D eigenvalue weighted by Crippen LogP contribution is -2.01. The molecule has 0 aromatic heterocycles. The summed E-state index contributed by atoms with van der Waals surface area (Å²) in [6.45, 7) is 1.99. The molecule has 0 saturated heterocycles. The molecule has 0 radical (unpaired) electrons. The van der Waals surface area contributed by atoms with Crippen LogP contribution in [0.3, 0.4) is 0 Å². The van der Waals surface area contributed by atoms with Gasteiger partial charge in [-0.1, -0.05) is 29.8 Å². The number of nitriles is 1. The van der Waals surface area contributed by atoms with E-state index >= 15 is 0 Å². The zero-order valence-corrected chi connectivity index (χ0v) is 12.0. The van der Waals surface area contributed by atoms with Crippen molar-refractivity contribution < 1.29 is 9.53 Å². The Labute approximate surface area is 124 Å². The molecule has 0 saturated carbocycles. The van der Waals surface area contributed by atoms with E-state index in [-0.39, 0.29) is 11.4 Å². The van der Waals surface area contributed by atoms with Crippen molar-refractivity contribution >= 4 is 11.9 Å². The Balaban J connectivity index is 2.29. The van der Waals surface area contributed by atoms with Gasteiger partial charge in [-0.2, -0.15) is 5.26 Å². The van der Waals surface area contributed by atoms with Gasteiger partial charge in [0.1, 0.15) is 17.4 Å². The first kappa shape index (κ1) is 14.5. The summed E-state index contributed by atoms with van der Waals surface area (Å²) in [5.74, 6) is 0.383. The second kappa shape index (κ2) is 6.53. The van der Waals surface area contributed by atoms with Gasteiger partial charge in [-0.15, -0.1) is 0 Å². The Hall–Kier alpha value is -2.86. The lowest BCUT2D eigenvalue weighted by atomic mass is 10.0. The van der Waals surface area contributed by atoms with Crippen molar-refractivity contribution in [1.29, 1.82) is 5.26 Å². The molecule has 2 aromatic carbocycles. The van der Waals surface area contributed by atoms with Crippen LogP contribution in [-0.4, -0.2) is 12.9 Å². The topological polar surface area (TPSA) is 50.1 Å². The second-order valence-electron chi connectivity index (χ2n) is 4.64. The van der Waals surface area contributed by atoms with E-state index < -0.39 is 0 Å². The Morgan fingerprint density at radius 2 is 1.71 bits per heavy atom. The van der Waals surface area contributed by atoms with E-state index in [0.717, 1.165) is 11.1 Å². The summed E-state index contributed by atoms with van der Waals surface area (Å²) in [5, 5.41) is 9.21. The number of benzene rings is 2. The molecule has 0 aliphatic carbocycles. The minimum Gasteiger partial charge on any atom is -0.497 e. The number of carbonyl (C=O) groups excluding carboxylic acids is 1. The fraction of sp³-hybridized carbons (Fsp3) is 0.111. The highest BCUT2D eigenvalue weighted by Gasteiger charge is 2.12. The maximum absolute atomic E-state index is 12.3. The SMILES string of the molecule is COc1ccc(C(=O)/C(C#N)=C/c2ccc(C)cc2)cc1. The van der Waals surface area contributed by atoms with E-state index in [1.54, 1.807) is 37.5 Å². The fourth-order valence-corrected chi connectivity index (χ4v) is 1.88. The summed E-state index contributed by atoms with van der Waals surface area (Å²) >= 11 is 0. The van der Waals surface area contributed by atoms with E-state index in [4.69, 9.17) is 4.74 Å². The third kappa shape index (κ3) is 3.58. The van der Waals surface area contributed by atoms with E-state index in [1.807, 2.05) is 37.3 Å². The largest absolute Gasteiger partial charge is 0.497 e. The van der Waals surface area contributed by atoms with Gasteiger partial charge in [0, 0.05) is 5.56 Å². The molecule has 0 aliphatic rings. The molecule has 0 heterocycles. The third-order valence-corrected chi connectivity index (χ3v) is 3.11. The van der Waals surface area contributed by atoms with Crippen molar-refractivity contribution in [3.8, 4) is 11.8 Å². The molecular formula is C18H15NO2. The first-order valence-electron chi connectivity index (χ1n) is 6.51. The normalized spacial score (nSPS) is 10.8. The van der Waals surface area contributed by atoms with Gasteiger partial charge in [-0.25, -0.2) is 0 Å². The summed E-state index contributed by atoms with van der Waals surface area (Å²) in [6, 6.07) is 16.3. The smallest absolute Gasteiger partial charge is 0.203 e. The number of hydrogen-bond acceptors (Lipinski definition) is 3. The number of ether oxygens (including phenoxy) is 1. The predicted molar refractivity (Wildman–Crippen MR) is 82.1 cm³/mol. The first-order valence-corrected chi connectivity index (χ1v) is 6.51. The molecule has 21 heavy (non-hydrogen) atoms. The van der Waals surface area contributed by atoms with Gasteiger partial charge in [0.15, 0.2) is 0 Å². The number of ketones is 1. The maximum atomic E-state index is 12.3. The highest BCUT2D eigenvalue weighted by Crippen LogP contribution is 2.16. The van der Waals surface area contributed by atoms with Gasteiger partial charge in [0.2, 0.25) is 5.78 Å². The number of hydrogen-bond donors (Lipinski definition) is 0. The number of allylic oxidation sites excluding steroid dienone is 1. The van der Waals surface area contributed by atoms with Crippen LogP contribution in [0.1, 0.15) is 21.5 Å². The van der Waals surface area contributed by atoms with E-state index in [0.29, 0.717) is 11.3 Å². The molecule has 0 spiro atoms. The molecule has 0 bridgehead atoms. The fourth-order valence-electron chi connectivity index (χ4n) is 1.88. The predicted octanol–water partition coefficient (Wildman–Crippen LogP) is 3.79. The zero-order valence-electron chi connectivity index (χ0n) is 12.0. The average Bonchev–Trinajstić information content (AvgIpc) is 2.54. The monoisotopic (exact) mass is 277 g/mol.